The summed E-state index contributed by atoms with van der Waals surface area (Å²) < 4.78 is 5.28. The maximum atomic E-state index is 12.7. The Morgan fingerprint density at radius 3 is 2.83 bits per heavy atom. The molecule has 1 aromatic rings. The van der Waals surface area contributed by atoms with E-state index in [0.29, 0.717) is 13.0 Å². The maximum absolute atomic E-state index is 12.7. The van der Waals surface area contributed by atoms with Gasteiger partial charge in [0.15, 0.2) is 0 Å². The van der Waals surface area contributed by atoms with E-state index in [1.54, 1.807) is 12.0 Å². The van der Waals surface area contributed by atoms with Crippen LogP contribution < -0.4 is 4.74 Å². The Kier molecular flexibility index (Phi) is 5.01. The lowest BCUT2D eigenvalue weighted by molar-refractivity contribution is -0.127. The summed E-state index contributed by atoms with van der Waals surface area (Å²) in [6.45, 7) is 0.407. The van der Waals surface area contributed by atoms with E-state index in [1.165, 1.54) is 24.8 Å². The molecule has 3 rings (SSSR count). The number of hydrogen-bond acceptors (Lipinski definition) is 3. The molecule has 0 spiro atoms. The molecule has 2 aliphatic rings. The van der Waals surface area contributed by atoms with Gasteiger partial charge in [0.25, 0.3) is 0 Å². The molecule has 0 bridgehead atoms. The van der Waals surface area contributed by atoms with Crippen LogP contribution in [0.25, 0.3) is 0 Å². The second kappa shape index (κ2) is 7.18. The summed E-state index contributed by atoms with van der Waals surface area (Å²) in [5, 5.41) is 10.1. The normalized spacial score (nSPS) is 24.6. The van der Waals surface area contributed by atoms with E-state index in [2.05, 4.69) is 0 Å². The Morgan fingerprint density at radius 1 is 1.30 bits per heavy atom. The van der Waals surface area contributed by atoms with Gasteiger partial charge < -0.3 is 14.7 Å². The number of ether oxygens (including phenoxy) is 1. The molecule has 0 aromatic heterocycles. The lowest BCUT2D eigenvalue weighted by Crippen LogP contribution is -2.30. The van der Waals surface area contributed by atoms with Crippen molar-refractivity contribution in [1.82, 2.24) is 4.90 Å². The van der Waals surface area contributed by atoms with Crippen LogP contribution in [0.5, 0.6) is 5.75 Å². The number of allylic oxidation sites excluding steroid dienone is 1. The largest absolute Gasteiger partial charge is 0.497 e. The Hall–Kier alpha value is -1.81. The van der Waals surface area contributed by atoms with Crippen molar-refractivity contribution in [2.45, 2.75) is 50.7 Å². The van der Waals surface area contributed by atoms with E-state index in [-0.39, 0.29) is 11.9 Å². The molecule has 0 radical (unpaired) electrons. The highest BCUT2D eigenvalue weighted by Gasteiger charge is 2.34. The summed E-state index contributed by atoms with van der Waals surface area (Å²) in [6, 6.07) is 7.70. The van der Waals surface area contributed by atoms with Gasteiger partial charge in [0, 0.05) is 12.6 Å². The molecule has 1 aliphatic carbocycles. The molecule has 4 nitrogen and oxygen atoms in total. The van der Waals surface area contributed by atoms with Crippen molar-refractivity contribution in [2.75, 3.05) is 13.7 Å². The standard InChI is InChI=1S/C19H25NO3/c1-23-17-9-5-8-15(11-17)18-12-16(21)13-20(18)19(22)10-14-6-3-2-4-7-14/h5,8-11,16,18,21H,2-4,6-7,12-13H2,1H3. The highest BCUT2D eigenvalue weighted by atomic mass is 16.5. The molecule has 1 saturated carbocycles. The van der Waals surface area contributed by atoms with Crippen molar-refractivity contribution in [3.05, 3.63) is 41.5 Å². The fourth-order valence-electron chi connectivity index (χ4n) is 3.63. The zero-order valence-corrected chi connectivity index (χ0v) is 13.7. The van der Waals surface area contributed by atoms with Crippen LogP contribution in [0.15, 0.2) is 35.9 Å². The van der Waals surface area contributed by atoms with Crippen LogP contribution in [0.3, 0.4) is 0 Å². The second-order valence-electron chi connectivity index (χ2n) is 6.54. The molecule has 2 fully saturated rings. The fraction of sp³-hybridized carbons (Fsp3) is 0.526. The minimum atomic E-state index is -0.458. The number of likely N-dealkylation sites (tertiary alicyclic amines) is 1. The van der Waals surface area contributed by atoms with Crippen molar-refractivity contribution >= 4 is 5.91 Å². The van der Waals surface area contributed by atoms with Crippen LogP contribution in [0.1, 0.15) is 50.1 Å². The number of β-amino-alcohol motifs (C(OH)–C–C–N with tert-alkyl or cyclic N) is 1. The molecule has 124 valence electrons. The number of rotatable bonds is 3. The van der Waals surface area contributed by atoms with Gasteiger partial charge in [-0.25, -0.2) is 0 Å². The first-order valence-electron chi connectivity index (χ1n) is 8.49. The van der Waals surface area contributed by atoms with Gasteiger partial charge in [0.05, 0.1) is 19.3 Å². The minimum absolute atomic E-state index is 0.0336. The zero-order valence-electron chi connectivity index (χ0n) is 13.7. The van der Waals surface area contributed by atoms with Gasteiger partial charge >= 0.3 is 0 Å². The number of hydrogen-bond donors (Lipinski definition) is 1. The smallest absolute Gasteiger partial charge is 0.247 e. The van der Waals surface area contributed by atoms with Crippen LogP contribution >= 0.6 is 0 Å². The summed E-state index contributed by atoms with van der Waals surface area (Å²) in [5.41, 5.74) is 2.28. The van der Waals surface area contributed by atoms with Crippen LogP contribution in [-0.2, 0) is 4.79 Å². The summed E-state index contributed by atoms with van der Waals surface area (Å²) in [5.74, 6) is 0.813. The first kappa shape index (κ1) is 16.1. The van der Waals surface area contributed by atoms with Crippen LogP contribution in [0.4, 0.5) is 0 Å². The Morgan fingerprint density at radius 2 is 2.09 bits per heavy atom. The van der Waals surface area contributed by atoms with E-state index in [0.717, 1.165) is 24.2 Å². The number of amides is 1. The number of aliphatic hydroxyl groups excluding tert-OH is 1. The first-order chi connectivity index (χ1) is 11.2. The van der Waals surface area contributed by atoms with Crippen molar-refractivity contribution in [3.8, 4) is 5.75 Å². The van der Waals surface area contributed by atoms with Gasteiger partial charge in [0.2, 0.25) is 5.91 Å². The monoisotopic (exact) mass is 315 g/mol. The Balaban J connectivity index is 1.80. The fourth-order valence-corrected chi connectivity index (χ4v) is 3.63. The first-order valence-corrected chi connectivity index (χ1v) is 8.49. The summed E-state index contributed by atoms with van der Waals surface area (Å²) in [7, 11) is 1.64. The highest BCUT2D eigenvalue weighted by Crippen LogP contribution is 2.34. The number of carbonyl (C=O) groups is 1. The summed E-state index contributed by atoms with van der Waals surface area (Å²) in [6.07, 6.45) is 7.63. The number of nitrogens with zero attached hydrogens (tertiary/aromatic N) is 1. The van der Waals surface area contributed by atoms with Gasteiger partial charge in [-0.1, -0.05) is 24.1 Å². The average molecular weight is 315 g/mol. The summed E-state index contributed by atoms with van der Waals surface area (Å²) >= 11 is 0. The van der Waals surface area contributed by atoms with Gasteiger partial charge in [-0.15, -0.1) is 0 Å². The predicted octanol–water partition coefficient (Wildman–Crippen LogP) is 3.22. The molecular weight excluding hydrogens is 290 g/mol. The quantitative estimate of drug-likeness (QED) is 0.871. The third-order valence-electron chi connectivity index (χ3n) is 4.86. The molecule has 1 N–H and O–H groups in total. The molecule has 4 heteroatoms. The predicted molar refractivity (Wildman–Crippen MR) is 89.2 cm³/mol. The highest BCUT2D eigenvalue weighted by molar-refractivity contribution is 5.89. The number of aliphatic hydroxyl groups is 1. The van der Waals surface area contributed by atoms with E-state index in [4.69, 9.17) is 4.74 Å². The van der Waals surface area contributed by atoms with E-state index < -0.39 is 6.10 Å². The average Bonchev–Trinajstić information content (AvgIpc) is 2.98. The Bertz CT molecular complexity index is 588. The molecule has 1 saturated heterocycles. The number of carbonyl (C=O) groups excluding carboxylic acids is 1. The molecule has 1 aromatic carbocycles. The molecule has 2 atom stereocenters. The van der Waals surface area contributed by atoms with Crippen LogP contribution in [0.2, 0.25) is 0 Å². The van der Waals surface area contributed by atoms with E-state index in [1.807, 2.05) is 30.3 Å². The van der Waals surface area contributed by atoms with Gasteiger partial charge in [-0.05, 0) is 49.8 Å². The molecular formula is C19H25NO3. The number of benzene rings is 1. The molecule has 1 aliphatic heterocycles. The topological polar surface area (TPSA) is 49.8 Å². The van der Waals surface area contributed by atoms with Gasteiger partial charge in [-0.3, -0.25) is 4.79 Å². The Labute approximate surface area is 137 Å². The molecule has 2 unspecified atom stereocenters. The maximum Gasteiger partial charge on any atom is 0.247 e. The zero-order chi connectivity index (χ0) is 16.2. The van der Waals surface area contributed by atoms with Crippen molar-refractivity contribution in [3.63, 3.8) is 0 Å². The van der Waals surface area contributed by atoms with E-state index in [9.17, 15) is 9.90 Å². The minimum Gasteiger partial charge on any atom is -0.497 e. The van der Waals surface area contributed by atoms with Crippen molar-refractivity contribution in [2.24, 2.45) is 0 Å². The number of methoxy groups -OCH3 is 1. The van der Waals surface area contributed by atoms with Crippen molar-refractivity contribution in [1.29, 1.82) is 0 Å². The molecule has 1 amide bonds. The lowest BCUT2D eigenvalue weighted by atomic mass is 9.94. The van der Waals surface area contributed by atoms with Gasteiger partial charge in [-0.2, -0.15) is 0 Å². The summed E-state index contributed by atoms with van der Waals surface area (Å²) in [4.78, 5) is 14.5. The third kappa shape index (κ3) is 3.75. The second-order valence-corrected chi connectivity index (χ2v) is 6.54. The third-order valence-corrected chi connectivity index (χ3v) is 4.86. The van der Waals surface area contributed by atoms with E-state index >= 15 is 0 Å². The molecule has 23 heavy (non-hydrogen) atoms. The van der Waals surface area contributed by atoms with Crippen molar-refractivity contribution < 1.29 is 14.6 Å². The van der Waals surface area contributed by atoms with Gasteiger partial charge in [0.1, 0.15) is 5.75 Å². The molecule has 1 heterocycles. The lowest BCUT2D eigenvalue weighted by Gasteiger charge is -2.25. The SMILES string of the molecule is COc1cccc(C2CC(O)CN2C(=O)C=C2CCCCC2)c1. The van der Waals surface area contributed by atoms with Crippen LogP contribution in [0, 0.1) is 0 Å². The van der Waals surface area contributed by atoms with Crippen LogP contribution in [-0.4, -0.2) is 35.7 Å².